The van der Waals surface area contributed by atoms with Gasteiger partial charge in [-0.3, -0.25) is 4.79 Å². The number of oxime groups is 1. The van der Waals surface area contributed by atoms with Crippen LogP contribution in [0.3, 0.4) is 0 Å². The van der Waals surface area contributed by atoms with Crippen LogP contribution >= 0.6 is 0 Å². The second-order valence-electron chi connectivity index (χ2n) is 7.42. The van der Waals surface area contributed by atoms with Crippen molar-refractivity contribution in [2.45, 2.75) is 13.5 Å². The van der Waals surface area contributed by atoms with Crippen LogP contribution in [0.25, 0.3) is 10.8 Å². The molecule has 5 heteroatoms. The third-order valence-corrected chi connectivity index (χ3v) is 4.96. The molecular formula is C27H24N2O3. The Morgan fingerprint density at radius 3 is 2.47 bits per heavy atom. The van der Waals surface area contributed by atoms with Crippen LogP contribution < -0.4 is 10.1 Å². The van der Waals surface area contributed by atoms with E-state index >= 15 is 0 Å². The van der Waals surface area contributed by atoms with Crippen molar-refractivity contribution >= 4 is 28.6 Å². The number of aryl methyl sites for hydroxylation is 1. The molecule has 0 atom stereocenters. The molecule has 0 aliphatic rings. The highest BCUT2D eigenvalue weighted by Gasteiger charge is 2.03. The number of nitrogens with zero attached hydrogens (tertiary/aromatic N) is 1. The first-order valence-corrected chi connectivity index (χ1v) is 10.4. The smallest absolute Gasteiger partial charge is 0.265 e. The van der Waals surface area contributed by atoms with Gasteiger partial charge in [-0.15, -0.1) is 0 Å². The van der Waals surface area contributed by atoms with Gasteiger partial charge >= 0.3 is 0 Å². The normalized spacial score (nSPS) is 10.9. The van der Waals surface area contributed by atoms with Crippen LogP contribution in [0.1, 0.15) is 16.7 Å². The van der Waals surface area contributed by atoms with Gasteiger partial charge in [-0.2, -0.15) is 0 Å². The molecule has 5 nitrogen and oxygen atoms in total. The van der Waals surface area contributed by atoms with Crippen molar-refractivity contribution in [3.63, 3.8) is 0 Å². The van der Waals surface area contributed by atoms with Gasteiger partial charge in [0.1, 0.15) is 12.4 Å². The quantitative estimate of drug-likeness (QED) is 0.291. The Bertz CT molecular complexity index is 1210. The summed E-state index contributed by atoms with van der Waals surface area (Å²) in [6.45, 7) is 2.33. The number of benzene rings is 4. The molecule has 160 valence electrons. The first-order chi connectivity index (χ1) is 15.7. The third-order valence-electron chi connectivity index (χ3n) is 4.96. The Hall–Kier alpha value is -4.12. The summed E-state index contributed by atoms with van der Waals surface area (Å²) in [5.74, 6) is 0.511. The maximum absolute atomic E-state index is 11.9. The highest BCUT2D eigenvalue weighted by Crippen LogP contribution is 2.21. The summed E-state index contributed by atoms with van der Waals surface area (Å²) in [5, 5.41) is 9.03. The highest BCUT2D eigenvalue weighted by molar-refractivity contribution is 5.91. The van der Waals surface area contributed by atoms with Gasteiger partial charge < -0.3 is 14.9 Å². The van der Waals surface area contributed by atoms with Crippen LogP contribution in [0, 0.1) is 6.92 Å². The Morgan fingerprint density at radius 1 is 0.906 bits per heavy atom. The number of carbonyl (C=O) groups is 1. The minimum absolute atomic E-state index is 0.156. The van der Waals surface area contributed by atoms with Crippen LogP contribution in [0.15, 0.2) is 96.2 Å². The van der Waals surface area contributed by atoms with Crippen molar-refractivity contribution in [2.24, 2.45) is 5.16 Å². The number of ether oxygens (including phenoxy) is 1. The monoisotopic (exact) mass is 424 g/mol. The van der Waals surface area contributed by atoms with E-state index in [1.54, 1.807) is 6.21 Å². The van der Waals surface area contributed by atoms with E-state index in [4.69, 9.17) is 9.57 Å². The van der Waals surface area contributed by atoms with E-state index < -0.39 is 0 Å². The molecule has 0 bridgehead atoms. The number of carbonyl (C=O) groups excluding carboxylic acids is 1. The average molecular weight is 425 g/mol. The van der Waals surface area contributed by atoms with Crippen molar-refractivity contribution < 1.29 is 14.4 Å². The standard InChI is InChI=1S/C27H24N2O3/c1-20-9-13-24(14-10-20)29-27(30)19-32-28-17-21-11-15-25(16-12-21)31-18-23-7-4-6-22-5-2-3-8-26(22)23/h2-17H,18-19H2,1H3,(H,29,30). The lowest BCUT2D eigenvalue weighted by atomic mass is 10.1. The molecule has 1 N–H and O–H groups in total. The molecular weight excluding hydrogens is 400 g/mol. The van der Waals surface area contributed by atoms with E-state index in [-0.39, 0.29) is 12.5 Å². The third kappa shape index (κ3) is 5.73. The lowest BCUT2D eigenvalue weighted by molar-refractivity contribution is -0.120. The molecule has 0 spiro atoms. The summed E-state index contributed by atoms with van der Waals surface area (Å²) in [5.41, 5.74) is 3.86. The molecule has 1 amide bonds. The second-order valence-corrected chi connectivity index (χ2v) is 7.42. The number of hydrogen-bond donors (Lipinski definition) is 1. The molecule has 4 rings (SSSR count). The minimum Gasteiger partial charge on any atom is -0.489 e. The van der Waals surface area contributed by atoms with Crippen molar-refractivity contribution in [2.75, 3.05) is 11.9 Å². The Morgan fingerprint density at radius 2 is 1.66 bits per heavy atom. The van der Waals surface area contributed by atoms with Crippen molar-refractivity contribution in [3.05, 3.63) is 108 Å². The van der Waals surface area contributed by atoms with E-state index in [9.17, 15) is 4.79 Å². The fraction of sp³-hybridized carbons (Fsp3) is 0.111. The lowest BCUT2D eigenvalue weighted by Gasteiger charge is -2.09. The summed E-state index contributed by atoms with van der Waals surface area (Å²) in [4.78, 5) is 17.0. The number of amides is 1. The number of rotatable bonds is 8. The number of hydrogen-bond acceptors (Lipinski definition) is 4. The molecule has 0 fully saturated rings. The maximum Gasteiger partial charge on any atom is 0.265 e. The number of nitrogens with one attached hydrogen (secondary N) is 1. The Balaban J connectivity index is 1.25. The van der Waals surface area contributed by atoms with E-state index in [2.05, 4.69) is 34.7 Å². The zero-order valence-electron chi connectivity index (χ0n) is 17.8. The zero-order valence-corrected chi connectivity index (χ0v) is 17.8. The van der Waals surface area contributed by atoms with Gasteiger partial charge in [-0.05, 0) is 65.2 Å². The fourth-order valence-corrected chi connectivity index (χ4v) is 3.26. The molecule has 0 aromatic heterocycles. The van der Waals surface area contributed by atoms with E-state index in [0.717, 1.165) is 28.1 Å². The van der Waals surface area contributed by atoms with Gasteiger partial charge in [0, 0.05) is 5.69 Å². The summed E-state index contributed by atoms with van der Waals surface area (Å²) in [7, 11) is 0. The molecule has 0 saturated carbocycles. The molecule has 0 unspecified atom stereocenters. The number of fused-ring (bicyclic) bond motifs is 1. The molecule has 0 aliphatic heterocycles. The van der Waals surface area contributed by atoms with Crippen molar-refractivity contribution in [3.8, 4) is 5.75 Å². The van der Waals surface area contributed by atoms with E-state index in [1.165, 1.54) is 10.8 Å². The van der Waals surface area contributed by atoms with Crippen molar-refractivity contribution in [1.29, 1.82) is 0 Å². The van der Waals surface area contributed by atoms with Crippen LogP contribution in [0.4, 0.5) is 5.69 Å². The number of anilines is 1. The van der Waals surface area contributed by atoms with Gasteiger partial charge in [0.05, 0.1) is 6.21 Å². The first-order valence-electron chi connectivity index (χ1n) is 10.4. The molecule has 0 aliphatic carbocycles. The van der Waals surface area contributed by atoms with Crippen LogP contribution in [-0.2, 0) is 16.2 Å². The Kier molecular flexibility index (Phi) is 6.78. The summed E-state index contributed by atoms with van der Waals surface area (Å²) in [6, 6.07) is 29.6. The zero-order chi connectivity index (χ0) is 22.2. The van der Waals surface area contributed by atoms with E-state index in [0.29, 0.717) is 6.61 Å². The minimum atomic E-state index is -0.261. The van der Waals surface area contributed by atoms with Crippen molar-refractivity contribution in [1.82, 2.24) is 0 Å². The molecule has 32 heavy (non-hydrogen) atoms. The summed E-state index contributed by atoms with van der Waals surface area (Å²) < 4.78 is 5.95. The predicted molar refractivity (Wildman–Crippen MR) is 128 cm³/mol. The summed E-state index contributed by atoms with van der Waals surface area (Å²) >= 11 is 0. The van der Waals surface area contributed by atoms with Gasteiger partial charge in [0.25, 0.3) is 5.91 Å². The molecule has 0 heterocycles. The van der Waals surface area contributed by atoms with Gasteiger partial charge in [-0.25, -0.2) is 0 Å². The molecule has 4 aromatic carbocycles. The van der Waals surface area contributed by atoms with Gasteiger partial charge in [-0.1, -0.05) is 65.3 Å². The SMILES string of the molecule is Cc1ccc(NC(=O)CON=Cc2ccc(OCc3cccc4ccccc34)cc2)cc1. The van der Waals surface area contributed by atoms with Gasteiger partial charge in [0.15, 0.2) is 6.61 Å². The van der Waals surface area contributed by atoms with Crippen LogP contribution in [-0.4, -0.2) is 18.7 Å². The largest absolute Gasteiger partial charge is 0.489 e. The summed E-state index contributed by atoms with van der Waals surface area (Å²) in [6.07, 6.45) is 1.56. The highest BCUT2D eigenvalue weighted by atomic mass is 16.6. The van der Waals surface area contributed by atoms with Crippen LogP contribution in [0.5, 0.6) is 5.75 Å². The van der Waals surface area contributed by atoms with Crippen LogP contribution in [0.2, 0.25) is 0 Å². The fourth-order valence-electron chi connectivity index (χ4n) is 3.26. The first kappa shape index (κ1) is 21.1. The molecule has 0 radical (unpaired) electrons. The molecule has 4 aromatic rings. The van der Waals surface area contributed by atoms with Gasteiger partial charge in [0.2, 0.25) is 0 Å². The lowest BCUT2D eigenvalue weighted by Crippen LogP contribution is -2.16. The second kappa shape index (κ2) is 10.3. The topological polar surface area (TPSA) is 59.9 Å². The Labute approximate surface area is 187 Å². The maximum atomic E-state index is 11.9. The van der Waals surface area contributed by atoms with E-state index in [1.807, 2.05) is 73.7 Å². The average Bonchev–Trinajstić information content (AvgIpc) is 2.83. The molecule has 0 saturated heterocycles. The predicted octanol–water partition coefficient (Wildman–Crippen LogP) is 5.72.